The van der Waals surface area contributed by atoms with Gasteiger partial charge < -0.3 is 10.5 Å². The highest BCUT2D eigenvalue weighted by Gasteiger charge is 2.25. The molecule has 1 aliphatic rings. The van der Waals surface area contributed by atoms with E-state index in [1.165, 1.54) is 6.42 Å². The van der Waals surface area contributed by atoms with Gasteiger partial charge in [-0.15, -0.1) is 5.10 Å². The summed E-state index contributed by atoms with van der Waals surface area (Å²) in [5.74, 6) is 1.36. The maximum atomic E-state index is 5.91. The fraction of sp³-hybridized carbons (Fsp3) is 0.417. The fourth-order valence-electron chi connectivity index (χ4n) is 2.21. The number of nitrogens with zero attached hydrogens (tertiary/aromatic N) is 4. The Morgan fingerprint density at radius 1 is 1.39 bits per heavy atom. The van der Waals surface area contributed by atoms with Crippen molar-refractivity contribution in [1.29, 1.82) is 0 Å². The number of anilines is 1. The van der Waals surface area contributed by atoms with E-state index in [1.807, 2.05) is 16.8 Å². The Morgan fingerprint density at radius 3 is 2.89 bits per heavy atom. The second kappa shape index (κ2) is 4.29. The SMILES string of the molecule is COc1c(N)cccc1-c1nnnn1C1CCC1. The highest BCUT2D eigenvalue weighted by Crippen LogP contribution is 2.37. The number of aromatic nitrogens is 4. The minimum absolute atomic E-state index is 0.404. The van der Waals surface area contributed by atoms with Crippen LogP contribution in [0.25, 0.3) is 11.4 Å². The van der Waals surface area contributed by atoms with Crippen molar-refractivity contribution < 1.29 is 4.74 Å². The van der Waals surface area contributed by atoms with E-state index in [9.17, 15) is 0 Å². The van der Waals surface area contributed by atoms with E-state index in [4.69, 9.17) is 10.5 Å². The Hall–Kier alpha value is -2.11. The topological polar surface area (TPSA) is 78.8 Å². The summed E-state index contributed by atoms with van der Waals surface area (Å²) in [5.41, 5.74) is 7.35. The van der Waals surface area contributed by atoms with E-state index >= 15 is 0 Å². The zero-order chi connectivity index (χ0) is 12.5. The third-order valence-corrected chi connectivity index (χ3v) is 3.40. The lowest BCUT2D eigenvalue weighted by molar-refractivity contribution is 0.287. The molecule has 1 aromatic carbocycles. The monoisotopic (exact) mass is 245 g/mol. The van der Waals surface area contributed by atoms with Crippen LogP contribution in [0.4, 0.5) is 5.69 Å². The Morgan fingerprint density at radius 2 is 2.22 bits per heavy atom. The van der Waals surface area contributed by atoms with Gasteiger partial charge in [-0.25, -0.2) is 4.68 Å². The van der Waals surface area contributed by atoms with Gasteiger partial charge in [0.2, 0.25) is 0 Å². The standard InChI is InChI=1S/C12H15N5O/c1-18-11-9(6-3-7-10(11)13)12-14-15-16-17(12)8-4-2-5-8/h3,6-8H,2,4-5,13H2,1H3. The lowest BCUT2D eigenvalue weighted by Crippen LogP contribution is -2.19. The highest BCUT2D eigenvalue weighted by atomic mass is 16.5. The summed E-state index contributed by atoms with van der Waals surface area (Å²) in [6.07, 6.45) is 3.49. The number of nitrogens with two attached hydrogens (primary N) is 1. The molecular formula is C12H15N5O. The van der Waals surface area contributed by atoms with Crippen LogP contribution in [0, 0.1) is 0 Å². The lowest BCUT2D eigenvalue weighted by atomic mass is 9.93. The minimum Gasteiger partial charge on any atom is -0.494 e. The third-order valence-electron chi connectivity index (χ3n) is 3.40. The molecular weight excluding hydrogens is 230 g/mol. The summed E-state index contributed by atoms with van der Waals surface area (Å²) < 4.78 is 7.23. The maximum Gasteiger partial charge on any atom is 0.186 e. The van der Waals surface area contributed by atoms with Crippen molar-refractivity contribution in [2.45, 2.75) is 25.3 Å². The molecule has 0 amide bonds. The average Bonchev–Trinajstić information content (AvgIpc) is 2.75. The number of benzene rings is 1. The molecule has 0 aliphatic heterocycles. The summed E-state index contributed by atoms with van der Waals surface area (Å²) in [4.78, 5) is 0. The van der Waals surface area contributed by atoms with Gasteiger partial charge in [-0.3, -0.25) is 0 Å². The van der Waals surface area contributed by atoms with Crippen molar-refractivity contribution in [1.82, 2.24) is 20.2 Å². The molecule has 1 fully saturated rings. The number of nitrogen functional groups attached to an aromatic ring is 1. The van der Waals surface area contributed by atoms with Crippen molar-refractivity contribution in [2.24, 2.45) is 0 Å². The molecule has 2 N–H and O–H groups in total. The van der Waals surface area contributed by atoms with Crippen molar-refractivity contribution in [3.63, 3.8) is 0 Å². The van der Waals surface area contributed by atoms with E-state index in [0.29, 0.717) is 17.5 Å². The van der Waals surface area contributed by atoms with Gasteiger partial charge in [0.1, 0.15) is 0 Å². The largest absolute Gasteiger partial charge is 0.494 e. The number of tetrazole rings is 1. The van der Waals surface area contributed by atoms with Gasteiger partial charge >= 0.3 is 0 Å². The number of rotatable bonds is 3. The Labute approximate surface area is 105 Å². The smallest absolute Gasteiger partial charge is 0.186 e. The number of ether oxygens (including phenoxy) is 1. The molecule has 1 saturated carbocycles. The van der Waals surface area contributed by atoms with Crippen LogP contribution in [0.1, 0.15) is 25.3 Å². The molecule has 0 bridgehead atoms. The van der Waals surface area contributed by atoms with Crippen LogP contribution >= 0.6 is 0 Å². The van der Waals surface area contributed by atoms with Gasteiger partial charge in [-0.2, -0.15) is 0 Å². The zero-order valence-electron chi connectivity index (χ0n) is 10.2. The van der Waals surface area contributed by atoms with Gasteiger partial charge in [0.25, 0.3) is 0 Å². The second-order valence-corrected chi connectivity index (χ2v) is 4.46. The van der Waals surface area contributed by atoms with E-state index in [0.717, 1.165) is 24.2 Å². The first-order valence-electron chi connectivity index (χ1n) is 6.02. The first-order chi connectivity index (χ1) is 8.81. The summed E-state index contributed by atoms with van der Waals surface area (Å²) in [6, 6.07) is 6.02. The Kier molecular flexibility index (Phi) is 2.62. The quantitative estimate of drug-likeness (QED) is 0.832. The second-order valence-electron chi connectivity index (χ2n) is 4.46. The molecule has 0 atom stereocenters. The van der Waals surface area contributed by atoms with Gasteiger partial charge in [-0.05, 0) is 41.8 Å². The van der Waals surface area contributed by atoms with Gasteiger partial charge in [0, 0.05) is 0 Å². The molecule has 6 nitrogen and oxygen atoms in total. The molecule has 18 heavy (non-hydrogen) atoms. The van der Waals surface area contributed by atoms with Gasteiger partial charge in [-0.1, -0.05) is 6.07 Å². The van der Waals surface area contributed by atoms with Crippen LogP contribution in [0.3, 0.4) is 0 Å². The molecule has 2 aromatic rings. The molecule has 94 valence electrons. The first kappa shape index (κ1) is 11.0. The summed E-state index contributed by atoms with van der Waals surface area (Å²) in [7, 11) is 1.60. The lowest BCUT2D eigenvalue weighted by Gasteiger charge is -2.26. The van der Waals surface area contributed by atoms with Crippen molar-refractivity contribution in [3.8, 4) is 17.1 Å². The zero-order valence-corrected chi connectivity index (χ0v) is 10.2. The van der Waals surface area contributed by atoms with Gasteiger partial charge in [0.15, 0.2) is 11.6 Å². The average molecular weight is 245 g/mol. The molecule has 0 unspecified atom stereocenters. The summed E-state index contributed by atoms with van der Waals surface area (Å²) in [5, 5.41) is 12.0. The van der Waals surface area contributed by atoms with Gasteiger partial charge in [0.05, 0.1) is 24.4 Å². The highest BCUT2D eigenvalue weighted by molar-refractivity contribution is 5.73. The van der Waals surface area contributed by atoms with Crippen LogP contribution < -0.4 is 10.5 Å². The predicted octanol–water partition coefficient (Wildman–Crippen LogP) is 1.66. The normalized spacial score (nSPS) is 15.4. The Balaban J connectivity index is 2.09. The molecule has 1 aliphatic carbocycles. The maximum absolute atomic E-state index is 5.91. The molecule has 0 saturated heterocycles. The van der Waals surface area contributed by atoms with E-state index < -0.39 is 0 Å². The van der Waals surface area contributed by atoms with Crippen LogP contribution in [0.5, 0.6) is 5.75 Å². The molecule has 1 aromatic heterocycles. The summed E-state index contributed by atoms with van der Waals surface area (Å²) in [6.45, 7) is 0. The molecule has 0 spiro atoms. The van der Waals surface area contributed by atoms with E-state index in [-0.39, 0.29) is 0 Å². The molecule has 1 heterocycles. The van der Waals surface area contributed by atoms with Crippen LogP contribution in [-0.2, 0) is 0 Å². The number of methoxy groups -OCH3 is 1. The fourth-order valence-corrected chi connectivity index (χ4v) is 2.21. The number of hydrogen-bond acceptors (Lipinski definition) is 5. The van der Waals surface area contributed by atoms with Crippen LogP contribution in [0.2, 0.25) is 0 Å². The molecule has 3 rings (SSSR count). The van der Waals surface area contributed by atoms with Crippen molar-refractivity contribution in [2.75, 3.05) is 12.8 Å². The van der Waals surface area contributed by atoms with Crippen LogP contribution in [0.15, 0.2) is 18.2 Å². The predicted molar refractivity (Wildman–Crippen MR) is 67.1 cm³/mol. The minimum atomic E-state index is 0.404. The summed E-state index contributed by atoms with van der Waals surface area (Å²) >= 11 is 0. The van der Waals surface area contributed by atoms with Crippen LogP contribution in [-0.4, -0.2) is 27.3 Å². The van der Waals surface area contributed by atoms with E-state index in [1.54, 1.807) is 13.2 Å². The number of hydrogen-bond donors (Lipinski definition) is 1. The van der Waals surface area contributed by atoms with Crippen molar-refractivity contribution in [3.05, 3.63) is 18.2 Å². The number of para-hydroxylation sites is 1. The van der Waals surface area contributed by atoms with Crippen molar-refractivity contribution >= 4 is 5.69 Å². The van der Waals surface area contributed by atoms with E-state index in [2.05, 4.69) is 15.5 Å². The molecule has 6 heteroatoms. The molecule has 0 radical (unpaired) electrons. The third kappa shape index (κ3) is 1.61. The Bertz CT molecular complexity index is 561. The first-order valence-corrected chi connectivity index (χ1v) is 6.02.